The highest BCUT2D eigenvalue weighted by molar-refractivity contribution is 7.15. The summed E-state index contributed by atoms with van der Waals surface area (Å²) in [6, 6.07) is 0.128. The highest BCUT2D eigenvalue weighted by atomic mass is 32.1. The van der Waals surface area contributed by atoms with Crippen molar-refractivity contribution in [1.82, 2.24) is 10.2 Å². The minimum Gasteiger partial charge on any atom is -0.381 e. The van der Waals surface area contributed by atoms with Gasteiger partial charge in [0.2, 0.25) is 10.1 Å². The highest BCUT2D eigenvalue weighted by Gasteiger charge is 2.35. The molecule has 0 spiro atoms. The maximum Gasteiger partial charge on any atom is 0.445 e. The minimum atomic E-state index is -4.41. The van der Waals surface area contributed by atoms with E-state index in [1.54, 1.807) is 0 Å². The van der Waals surface area contributed by atoms with Crippen LogP contribution in [0.3, 0.4) is 0 Å². The van der Waals surface area contributed by atoms with E-state index in [2.05, 4.69) is 15.5 Å². The van der Waals surface area contributed by atoms with Crippen LogP contribution in [-0.2, 0) is 10.9 Å². The van der Waals surface area contributed by atoms with E-state index in [0.29, 0.717) is 24.6 Å². The molecule has 2 rings (SSSR count). The molecule has 1 aliphatic rings. The molecule has 16 heavy (non-hydrogen) atoms. The molecule has 90 valence electrons. The maximum absolute atomic E-state index is 12.2. The van der Waals surface area contributed by atoms with Crippen LogP contribution in [-0.4, -0.2) is 29.5 Å². The van der Waals surface area contributed by atoms with Gasteiger partial charge in [0.25, 0.3) is 0 Å². The van der Waals surface area contributed by atoms with E-state index >= 15 is 0 Å². The predicted molar refractivity (Wildman–Crippen MR) is 52.4 cm³/mol. The van der Waals surface area contributed by atoms with Gasteiger partial charge >= 0.3 is 6.18 Å². The molecule has 1 fully saturated rings. The molecule has 1 aliphatic heterocycles. The molecule has 2 heterocycles. The van der Waals surface area contributed by atoms with Gasteiger partial charge in [-0.2, -0.15) is 13.2 Å². The lowest BCUT2D eigenvalue weighted by Crippen LogP contribution is -2.27. The van der Waals surface area contributed by atoms with Gasteiger partial charge in [0.15, 0.2) is 0 Å². The molecule has 0 amide bonds. The topological polar surface area (TPSA) is 47.0 Å². The molecule has 4 nitrogen and oxygen atoms in total. The molecule has 1 aromatic heterocycles. The SMILES string of the molecule is FC(F)(F)c1nnc(NC2CCOCC2)s1. The molecule has 0 bridgehead atoms. The number of rotatable bonds is 2. The number of anilines is 1. The monoisotopic (exact) mass is 253 g/mol. The van der Waals surface area contributed by atoms with Crippen molar-refractivity contribution < 1.29 is 17.9 Å². The fourth-order valence-electron chi connectivity index (χ4n) is 1.41. The zero-order valence-electron chi connectivity index (χ0n) is 8.25. The van der Waals surface area contributed by atoms with Crippen LogP contribution in [0.4, 0.5) is 18.3 Å². The van der Waals surface area contributed by atoms with Crippen molar-refractivity contribution in [1.29, 1.82) is 0 Å². The summed E-state index contributed by atoms with van der Waals surface area (Å²) in [5.41, 5.74) is 0. The van der Waals surface area contributed by atoms with Gasteiger partial charge in [0.05, 0.1) is 0 Å². The summed E-state index contributed by atoms with van der Waals surface area (Å²) >= 11 is 0.534. The first-order valence-electron chi connectivity index (χ1n) is 4.80. The van der Waals surface area contributed by atoms with Crippen LogP contribution >= 0.6 is 11.3 Å². The second-order valence-corrected chi connectivity index (χ2v) is 4.42. The third-order valence-electron chi connectivity index (χ3n) is 2.22. The summed E-state index contributed by atoms with van der Waals surface area (Å²) in [6.45, 7) is 1.26. The van der Waals surface area contributed by atoms with Gasteiger partial charge in [-0.15, -0.1) is 10.2 Å². The standard InChI is InChI=1S/C8H10F3N3OS/c9-8(10,11)6-13-14-7(16-6)12-5-1-3-15-4-2-5/h5H,1-4H2,(H,12,14). The largest absolute Gasteiger partial charge is 0.445 e. The average molecular weight is 253 g/mol. The Morgan fingerprint density at radius 3 is 2.50 bits per heavy atom. The van der Waals surface area contributed by atoms with Gasteiger partial charge < -0.3 is 10.1 Å². The molecule has 0 aliphatic carbocycles. The van der Waals surface area contributed by atoms with E-state index in [1.807, 2.05) is 0 Å². The van der Waals surface area contributed by atoms with E-state index in [9.17, 15) is 13.2 Å². The first-order valence-corrected chi connectivity index (χ1v) is 5.62. The van der Waals surface area contributed by atoms with Crippen molar-refractivity contribution >= 4 is 16.5 Å². The van der Waals surface area contributed by atoms with Crippen LogP contribution in [0, 0.1) is 0 Å². The first-order chi connectivity index (χ1) is 7.55. The van der Waals surface area contributed by atoms with Gasteiger partial charge in [0.1, 0.15) is 0 Å². The summed E-state index contributed by atoms with van der Waals surface area (Å²) in [4.78, 5) is 0. The van der Waals surface area contributed by atoms with E-state index in [-0.39, 0.29) is 11.2 Å². The lowest BCUT2D eigenvalue weighted by Gasteiger charge is -2.22. The Labute approximate surface area is 93.8 Å². The fourth-order valence-corrected chi connectivity index (χ4v) is 2.10. The molecule has 1 N–H and O–H groups in total. The summed E-state index contributed by atoms with van der Waals surface area (Å²) in [5.74, 6) is 0. The highest BCUT2D eigenvalue weighted by Crippen LogP contribution is 2.33. The number of alkyl halides is 3. The van der Waals surface area contributed by atoms with E-state index < -0.39 is 11.2 Å². The van der Waals surface area contributed by atoms with Crippen molar-refractivity contribution in [2.75, 3.05) is 18.5 Å². The summed E-state index contributed by atoms with van der Waals surface area (Å²) < 4.78 is 41.9. The fraction of sp³-hybridized carbons (Fsp3) is 0.750. The molecule has 1 saturated heterocycles. The van der Waals surface area contributed by atoms with Crippen LogP contribution in [0.1, 0.15) is 17.8 Å². The number of halogens is 3. The third kappa shape index (κ3) is 2.82. The number of hydrogen-bond acceptors (Lipinski definition) is 5. The molecule has 0 radical (unpaired) electrons. The summed E-state index contributed by atoms with van der Waals surface area (Å²) in [5, 5.41) is 8.82. The average Bonchev–Trinajstić information content (AvgIpc) is 2.67. The van der Waals surface area contributed by atoms with Gasteiger partial charge in [0, 0.05) is 19.3 Å². The quantitative estimate of drug-likeness (QED) is 0.877. The van der Waals surface area contributed by atoms with Crippen molar-refractivity contribution in [2.45, 2.75) is 25.1 Å². The van der Waals surface area contributed by atoms with Crippen LogP contribution < -0.4 is 5.32 Å². The van der Waals surface area contributed by atoms with Crippen LogP contribution in [0.5, 0.6) is 0 Å². The van der Waals surface area contributed by atoms with Gasteiger partial charge in [-0.3, -0.25) is 0 Å². The Bertz CT molecular complexity index is 349. The van der Waals surface area contributed by atoms with E-state index in [4.69, 9.17) is 4.74 Å². The van der Waals surface area contributed by atoms with E-state index in [1.165, 1.54) is 0 Å². The second-order valence-electron chi connectivity index (χ2n) is 3.44. The molecular weight excluding hydrogens is 243 g/mol. The number of nitrogens with one attached hydrogen (secondary N) is 1. The smallest absolute Gasteiger partial charge is 0.381 e. The third-order valence-corrected chi connectivity index (χ3v) is 3.12. The van der Waals surface area contributed by atoms with Gasteiger partial charge in [-0.1, -0.05) is 11.3 Å². The van der Waals surface area contributed by atoms with Gasteiger partial charge in [-0.25, -0.2) is 0 Å². The van der Waals surface area contributed by atoms with Gasteiger partial charge in [-0.05, 0) is 12.8 Å². The van der Waals surface area contributed by atoms with Crippen molar-refractivity contribution in [3.05, 3.63) is 5.01 Å². The lowest BCUT2D eigenvalue weighted by atomic mass is 10.1. The number of hydrogen-bond donors (Lipinski definition) is 1. The molecule has 0 unspecified atom stereocenters. The zero-order valence-corrected chi connectivity index (χ0v) is 9.07. The van der Waals surface area contributed by atoms with Crippen molar-refractivity contribution in [3.8, 4) is 0 Å². The van der Waals surface area contributed by atoms with E-state index in [0.717, 1.165) is 12.8 Å². The Balaban J connectivity index is 1.97. The van der Waals surface area contributed by atoms with Crippen LogP contribution in [0.25, 0.3) is 0 Å². The Kier molecular flexibility index (Phi) is 3.29. The van der Waals surface area contributed by atoms with Crippen molar-refractivity contribution in [3.63, 3.8) is 0 Å². The normalized spacial score (nSPS) is 18.7. The first kappa shape index (κ1) is 11.6. The number of aromatic nitrogens is 2. The van der Waals surface area contributed by atoms with Crippen molar-refractivity contribution in [2.24, 2.45) is 0 Å². The molecule has 1 aromatic rings. The predicted octanol–water partition coefficient (Wildman–Crippen LogP) is 2.15. The number of nitrogens with zero attached hydrogens (tertiary/aromatic N) is 2. The minimum absolute atomic E-state index is 0.128. The molecular formula is C8H10F3N3OS. The zero-order chi connectivity index (χ0) is 11.6. The van der Waals surface area contributed by atoms with Crippen LogP contribution in [0.15, 0.2) is 0 Å². The Hall–Kier alpha value is -0.890. The number of ether oxygens (including phenoxy) is 1. The van der Waals surface area contributed by atoms with Crippen LogP contribution in [0.2, 0.25) is 0 Å². The summed E-state index contributed by atoms with van der Waals surface area (Å²) in [6.07, 6.45) is -2.85. The second kappa shape index (κ2) is 4.54. The Morgan fingerprint density at radius 1 is 1.25 bits per heavy atom. The molecule has 0 atom stereocenters. The molecule has 8 heteroatoms. The molecule has 0 saturated carbocycles. The lowest BCUT2D eigenvalue weighted by molar-refractivity contribution is -0.138. The maximum atomic E-state index is 12.2. The summed E-state index contributed by atoms with van der Waals surface area (Å²) in [7, 11) is 0. The molecule has 0 aromatic carbocycles. The Morgan fingerprint density at radius 2 is 1.94 bits per heavy atom.